The maximum absolute atomic E-state index is 10.7. The Labute approximate surface area is 179 Å². The van der Waals surface area contributed by atoms with Crippen molar-refractivity contribution in [1.29, 1.82) is 0 Å². The Bertz CT molecular complexity index is 969. The summed E-state index contributed by atoms with van der Waals surface area (Å²) in [4.78, 5) is 16.3. The fourth-order valence-electron chi connectivity index (χ4n) is 3.74. The van der Waals surface area contributed by atoms with Gasteiger partial charge < -0.3 is 10.0 Å². The Morgan fingerprint density at radius 1 is 1.07 bits per heavy atom. The maximum atomic E-state index is 10.7. The number of aliphatic hydroxyl groups is 1. The monoisotopic (exact) mass is 433 g/mol. The molecule has 4 rings (SSSR count). The molecule has 1 aromatic heterocycles. The maximum Gasteiger partial charge on any atom is 0.269 e. The van der Waals surface area contributed by atoms with E-state index in [2.05, 4.69) is 34.1 Å². The third kappa shape index (κ3) is 4.87. The van der Waals surface area contributed by atoms with Gasteiger partial charge >= 0.3 is 0 Å². The fraction of sp³-hybridized carbons (Fsp3) is 0.333. The van der Waals surface area contributed by atoms with Crippen LogP contribution in [0.4, 0.5) is 11.4 Å². The van der Waals surface area contributed by atoms with Gasteiger partial charge in [-0.1, -0.05) is 18.2 Å². The van der Waals surface area contributed by atoms with Crippen LogP contribution in [0.15, 0.2) is 48.5 Å². The van der Waals surface area contributed by atoms with Crippen LogP contribution >= 0.6 is 23.7 Å². The van der Waals surface area contributed by atoms with E-state index in [9.17, 15) is 15.2 Å². The second kappa shape index (κ2) is 9.54. The summed E-state index contributed by atoms with van der Waals surface area (Å²) in [6.45, 7) is 5.01. The second-order valence-electron chi connectivity index (χ2n) is 7.06. The summed E-state index contributed by atoms with van der Waals surface area (Å²) in [6, 6.07) is 15.3. The normalized spacial score (nSPS) is 14.7. The number of nitro benzene ring substituents is 1. The topological polar surface area (TPSA) is 69.9 Å². The van der Waals surface area contributed by atoms with Crippen LogP contribution in [-0.4, -0.2) is 47.7 Å². The highest BCUT2D eigenvalue weighted by molar-refractivity contribution is 7.19. The average molecular weight is 434 g/mol. The lowest BCUT2D eigenvalue weighted by molar-refractivity contribution is -0.384. The third-order valence-corrected chi connectivity index (χ3v) is 6.41. The summed E-state index contributed by atoms with van der Waals surface area (Å²) in [6.07, 6.45) is 0.901. The molecule has 0 spiro atoms. The molecule has 0 amide bonds. The lowest BCUT2D eigenvalue weighted by Gasteiger charge is -2.36. The zero-order valence-electron chi connectivity index (χ0n) is 16.0. The first-order valence-corrected chi connectivity index (χ1v) is 10.3. The molecule has 0 atom stereocenters. The fourth-order valence-corrected chi connectivity index (χ4v) is 4.68. The van der Waals surface area contributed by atoms with Gasteiger partial charge in [-0.2, -0.15) is 0 Å². The summed E-state index contributed by atoms with van der Waals surface area (Å²) in [7, 11) is 0. The largest absolute Gasteiger partial charge is 0.391 e. The highest BCUT2D eigenvalue weighted by Gasteiger charge is 2.19. The molecule has 0 radical (unpaired) electrons. The first kappa shape index (κ1) is 21.5. The van der Waals surface area contributed by atoms with E-state index in [1.165, 1.54) is 15.8 Å². The van der Waals surface area contributed by atoms with Crippen LogP contribution in [0, 0.1) is 10.1 Å². The average Bonchev–Trinajstić information content (AvgIpc) is 3.16. The molecule has 8 heteroatoms. The predicted molar refractivity (Wildman–Crippen MR) is 120 cm³/mol. The lowest BCUT2D eigenvalue weighted by atomic mass is 10.1. The minimum Gasteiger partial charge on any atom is -0.391 e. The Hall–Kier alpha value is -2.19. The Balaban J connectivity index is 0.00000240. The van der Waals surface area contributed by atoms with Crippen molar-refractivity contribution in [3.63, 3.8) is 0 Å². The van der Waals surface area contributed by atoms with E-state index >= 15 is 0 Å². The molecule has 2 heterocycles. The van der Waals surface area contributed by atoms with Crippen molar-refractivity contribution >= 4 is 45.2 Å². The SMILES string of the molecule is Cl.O=[N+]([O-])c1ccc(CCN2CCN(c3cccc4sc(CO)cc34)CC2)cc1. The Morgan fingerprint density at radius 3 is 2.45 bits per heavy atom. The van der Waals surface area contributed by atoms with Gasteiger partial charge in [-0.05, 0) is 30.2 Å². The molecular formula is C21H24ClN3O3S. The van der Waals surface area contributed by atoms with Crippen molar-refractivity contribution in [2.45, 2.75) is 13.0 Å². The number of aliphatic hydroxyl groups excluding tert-OH is 1. The molecule has 1 N–H and O–H groups in total. The molecule has 6 nitrogen and oxygen atoms in total. The summed E-state index contributed by atoms with van der Waals surface area (Å²) < 4.78 is 1.22. The number of nitro groups is 1. The summed E-state index contributed by atoms with van der Waals surface area (Å²) in [5.74, 6) is 0. The highest BCUT2D eigenvalue weighted by atomic mass is 35.5. The molecule has 29 heavy (non-hydrogen) atoms. The van der Waals surface area contributed by atoms with Crippen molar-refractivity contribution in [2.75, 3.05) is 37.6 Å². The molecule has 1 aliphatic heterocycles. The number of non-ortho nitro benzene ring substituents is 1. The van der Waals surface area contributed by atoms with Crippen LogP contribution in [0.25, 0.3) is 10.1 Å². The van der Waals surface area contributed by atoms with Crippen LogP contribution in [0.3, 0.4) is 0 Å². The molecule has 0 unspecified atom stereocenters. The van der Waals surface area contributed by atoms with E-state index in [-0.39, 0.29) is 29.6 Å². The standard InChI is InChI=1S/C21H23N3O3S.ClH/c25-15-18-14-19-20(2-1-3-21(19)28-18)23-12-10-22(11-13-23)9-8-16-4-6-17(7-5-16)24(26)27;/h1-7,14,25H,8-13,15H2;1H. The Morgan fingerprint density at radius 2 is 1.79 bits per heavy atom. The number of hydrogen-bond donors (Lipinski definition) is 1. The van der Waals surface area contributed by atoms with Gasteiger partial charge in [0, 0.05) is 65.5 Å². The van der Waals surface area contributed by atoms with Crippen molar-refractivity contribution in [1.82, 2.24) is 4.90 Å². The molecule has 3 aromatic rings. The van der Waals surface area contributed by atoms with Crippen LogP contribution in [0.5, 0.6) is 0 Å². The van der Waals surface area contributed by atoms with E-state index in [1.807, 2.05) is 12.1 Å². The smallest absolute Gasteiger partial charge is 0.269 e. The molecule has 2 aromatic carbocycles. The third-order valence-electron chi connectivity index (χ3n) is 5.32. The van der Waals surface area contributed by atoms with Gasteiger partial charge in [0.05, 0.1) is 11.5 Å². The van der Waals surface area contributed by atoms with Crippen molar-refractivity contribution in [3.8, 4) is 0 Å². The van der Waals surface area contributed by atoms with E-state index in [1.54, 1.807) is 23.5 Å². The molecular weight excluding hydrogens is 410 g/mol. The number of fused-ring (bicyclic) bond motifs is 1. The van der Waals surface area contributed by atoms with E-state index in [0.29, 0.717) is 0 Å². The number of thiophene rings is 1. The molecule has 0 bridgehead atoms. The number of hydrogen-bond acceptors (Lipinski definition) is 6. The van der Waals surface area contributed by atoms with Gasteiger partial charge in [0.2, 0.25) is 0 Å². The quantitative estimate of drug-likeness (QED) is 0.468. The predicted octanol–water partition coefficient (Wildman–Crippen LogP) is 4.09. The summed E-state index contributed by atoms with van der Waals surface area (Å²) in [5, 5.41) is 21.4. The number of rotatable bonds is 6. The Kier molecular flexibility index (Phi) is 7.08. The minimum absolute atomic E-state index is 0. The van der Waals surface area contributed by atoms with E-state index in [0.717, 1.165) is 49.6 Å². The highest BCUT2D eigenvalue weighted by Crippen LogP contribution is 2.33. The molecule has 1 aliphatic rings. The molecule has 154 valence electrons. The number of benzene rings is 2. The van der Waals surface area contributed by atoms with Crippen LogP contribution in [0.1, 0.15) is 10.4 Å². The van der Waals surface area contributed by atoms with Gasteiger partial charge in [0.15, 0.2) is 0 Å². The number of piperazine rings is 1. The summed E-state index contributed by atoms with van der Waals surface area (Å²) >= 11 is 1.66. The van der Waals surface area contributed by atoms with E-state index in [4.69, 9.17) is 0 Å². The van der Waals surface area contributed by atoms with Crippen molar-refractivity contribution in [3.05, 3.63) is 69.1 Å². The first-order chi connectivity index (χ1) is 13.6. The van der Waals surface area contributed by atoms with Gasteiger partial charge in [-0.25, -0.2) is 0 Å². The minimum atomic E-state index is -0.361. The second-order valence-corrected chi connectivity index (χ2v) is 8.23. The van der Waals surface area contributed by atoms with Crippen LogP contribution < -0.4 is 4.90 Å². The first-order valence-electron chi connectivity index (χ1n) is 9.47. The van der Waals surface area contributed by atoms with Gasteiger partial charge in [-0.15, -0.1) is 23.7 Å². The molecule has 1 saturated heterocycles. The van der Waals surface area contributed by atoms with Crippen LogP contribution in [0.2, 0.25) is 0 Å². The number of anilines is 1. The van der Waals surface area contributed by atoms with Crippen molar-refractivity contribution in [2.24, 2.45) is 0 Å². The molecule has 1 fully saturated rings. The van der Waals surface area contributed by atoms with Crippen LogP contribution in [-0.2, 0) is 13.0 Å². The zero-order chi connectivity index (χ0) is 19.5. The lowest BCUT2D eigenvalue weighted by Crippen LogP contribution is -2.47. The van der Waals surface area contributed by atoms with E-state index < -0.39 is 0 Å². The number of halogens is 1. The molecule has 0 aliphatic carbocycles. The van der Waals surface area contributed by atoms with Gasteiger partial charge in [0.25, 0.3) is 5.69 Å². The zero-order valence-corrected chi connectivity index (χ0v) is 17.6. The van der Waals surface area contributed by atoms with Crippen molar-refractivity contribution < 1.29 is 10.0 Å². The van der Waals surface area contributed by atoms with Gasteiger partial charge in [-0.3, -0.25) is 15.0 Å². The summed E-state index contributed by atoms with van der Waals surface area (Å²) in [5.41, 5.74) is 2.53. The van der Waals surface area contributed by atoms with Gasteiger partial charge in [0.1, 0.15) is 0 Å². The number of nitrogens with zero attached hydrogens (tertiary/aromatic N) is 3. The molecule has 0 saturated carbocycles.